The van der Waals surface area contributed by atoms with Gasteiger partial charge in [-0.15, -0.1) is 0 Å². The molecule has 0 saturated carbocycles. The monoisotopic (exact) mass is 198 g/mol. The van der Waals surface area contributed by atoms with Crippen molar-refractivity contribution in [1.82, 2.24) is 9.80 Å². The molecule has 1 atom stereocenters. The van der Waals surface area contributed by atoms with Crippen LogP contribution >= 0.6 is 0 Å². The first-order valence-electron chi connectivity index (χ1n) is 5.83. The molecule has 2 aliphatic rings. The summed E-state index contributed by atoms with van der Waals surface area (Å²) in [5, 5.41) is 0. The number of rotatable bonds is 2. The molecule has 3 nitrogen and oxygen atoms in total. The molecule has 14 heavy (non-hydrogen) atoms. The lowest BCUT2D eigenvalue weighted by Crippen LogP contribution is -2.49. The Bertz CT molecular complexity index is 178. The highest BCUT2D eigenvalue weighted by molar-refractivity contribution is 4.82. The smallest absolute Gasteiger partial charge is 0.0994 e. The van der Waals surface area contributed by atoms with E-state index >= 15 is 0 Å². The van der Waals surface area contributed by atoms with Gasteiger partial charge in [0.1, 0.15) is 0 Å². The molecule has 2 rings (SSSR count). The first-order chi connectivity index (χ1) is 6.77. The van der Waals surface area contributed by atoms with Gasteiger partial charge in [-0.05, 0) is 33.2 Å². The first kappa shape index (κ1) is 10.4. The van der Waals surface area contributed by atoms with E-state index in [0.717, 1.165) is 25.9 Å². The molecule has 2 saturated heterocycles. The maximum atomic E-state index is 5.41. The van der Waals surface area contributed by atoms with Gasteiger partial charge in [-0.1, -0.05) is 0 Å². The Kier molecular flexibility index (Phi) is 3.42. The Morgan fingerprint density at radius 1 is 1.29 bits per heavy atom. The zero-order valence-corrected chi connectivity index (χ0v) is 9.41. The van der Waals surface area contributed by atoms with E-state index in [1.165, 1.54) is 25.9 Å². The van der Waals surface area contributed by atoms with Crippen molar-refractivity contribution in [3.05, 3.63) is 0 Å². The van der Waals surface area contributed by atoms with Gasteiger partial charge in [0, 0.05) is 25.2 Å². The van der Waals surface area contributed by atoms with Crippen LogP contribution in [-0.2, 0) is 4.74 Å². The van der Waals surface area contributed by atoms with Gasteiger partial charge < -0.3 is 4.74 Å². The number of ether oxygens (including phenoxy) is 1. The molecule has 2 heterocycles. The van der Waals surface area contributed by atoms with E-state index in [1.807, 2.05) is 0 Å². The number of likely N-dealkylation sites (tertiary alicyclic amines) is 1. The molecule has 0 unspecified atom stereocenters. The van der Waals surface area contributed by atoms with E-state index in [4.69, 9.17) is 4.74 Å². The van der Waals surface area contributed by atoms with E-state index in [1.54, 1.807) is 0 Å². The van der Waals surface area contributed by atoms with Crippen LogP contribution in [0, 0.1) is 0 Å². The van der Waals surface area contributed by atoms with Gasteiger partial charge in [0.15, 0.2) is 0 Å². The molecule has 0 spiro atoms. The Balaban J connectivity index is 1.86. The van der Waals surface area contributed by atoms with E-state index in [-0.39, 0.29) is 0 Å². The summed E-state index contributed by atoms with van der Waals surface area (Å²) >= 11 is 0. The van der Waals surface area contributed by atoms with Crippen LogP contribution in [0.15, 0.2) is 0 Å². The van der Waals surface area contributed by atoms with Crippen molar-refractivity contribution in [3.8, 4) is 0 Å². The van der Waals surface area contributed by atoms with E-state index in [0.29, 0.717) is 6.04 Å². The van der Waals surface area contributed by atoms with Crippen molar-refractivity contribution < 1.29 is 4.74 Å². The second kappa shape index (κ2) is 4.60. The van der Waals surface area contributed by atoms with Gasteiger partial charge >= 0.3 is 0 Å². The van der Waals surface area contributed by atoms with Gasteiger partial charge in [-0.25, -0.2) is 0 Å². The third-order valence-electron chi connectivity index (χ3n) is 3.45. The molecule has 0 radical (unpaired) electrons. The van der Waals surface area contributed by atoms with Crippen molar-refractivity contribution in [2.45, 2.75) is 38.8 Å². The number of hydrogen-bond acceptors (Lipinski definition) is 3. The summed E-state index contributed by atoms with van der Waals surface area (Å²) in [6, 6.07) is 1.44. The fourth-order valence-electron chi connectivity index (χ4n) is 2.47. The van der Waals surface area contributed by atoms with Crippen LogP contribution in [0.4, 0.5) is 0 Å². The highest BCUT2D eigenvalue weighted by Gasteiger charge is 2.28. The van der Waals surface area contributed by atoms with Gasteiger partial charge in [-0.3, -0.25) is 9.80 Å². The lowest BCUT2D eigenvalue weighted by molar-refractivity contribution is 0.0592. The Morgan fingerprint density at radius 3 is 2.79 bits per heavy atom. The molecule has 3 heteroatoms. The molecule has 2 aliphatic heterocycles. The second-order valence-corrected chi connectivity index (χ2v) is 4.73. The molecule has 0 aromatic heterocycles. The molecule has 0 aromatic carbocycles. The molecular formula is C11H22N2O. The zero-order valence-electron chi connectivity index (χ0n) is 9.41. The molecule has 0 N–H and O–H groups in total. The normalized spacial score (nSPS) is 31.5. The van der Waals surface area contributed by atoms with E-state index in [9.17, 15) is 0 Å². The maximum absolute atomic E-state index is 5.41. The van der Waals surface area contributed by atoms with Crippen LogP contribution in [0.3, 0.4) is 0 Å². The standard InChI is InChI=1S/C11H22N2O/c1-10(2)12-5-3-4-11(8-12)13-6-7-14-9-13/h10-11H,3-9H2,1-2H3/t11-/m0/s1. The minimum atomic E-state index is 0.696. The van der Waals surface area contributed by atoms with E-state index < -0.39 is 0 Å². The van der Waals surface area contributed by atoms with Crippen molar-refractivity contribution in [2.75, 3.05) is 33.0 Å². The molecule has 0 aromatic rings. The summed E-state index contributed by atoms with van der Waals surface area (Å²) in [4.78, 5) is 5.08. The zero-order chi connectivity index (χ0) is 9.97. The van der Waals surface area contributed by atoms with Crippen LogP contribution in [0.5, 0.6) is 0 Å². The average molecular weight is 198 g/mol. The third-order valence-corrected chi connectivity index (χ3v) is 3.45. The van der Waals surface area contributed by atoms with Crippen LogP contribution in [0.1, 0.15) is 26.7 Å². The van der Waals surface area contributed by atoms with Gasteiger partial charge in [-0.2, -0.15) is 0 Å². The summed E-state index contributed by atoms with van der Waals surface area (Å²) in [5.41, 5.74) is 0. The van der Waals surface area contributed by atoms with E-state index in [2.05, 4.69) is 23.6 Å². The lowest BCUT2D eigenvalue weighted by atomic mass is 10.0. The van der Waals surface area contributed by atoms with Crippen molar-refractivity contribution in [1.29, 1.82) is 0 Å². The minimum absolute atomic E-state index is 0.696. The fraction of sp³-hybridized carbons (Fsp3) is 1.00. The quantitative estimate of drug-likeness (QED) is 0.662. The Labute approximate surface area is 87.0 Å². The van der Waals surface area contributed by atoms with Crippen molar-refractivity contribution in [2.24, 2.45) is 0 Å². The number of hydrogen-bond donors (Lipinski definition) is 0. The van der Waals surface area contributed by atoms with Crippen molar-refractivity contribution in [3.63, 3.8) is 0 Å². The first-order valence-corrected chi connectivity index (χ1v) is 5.83. The fourth-order valence-corrected chi connectivity index (χ4v) is 2.47. The van der Waals surface area contributed by atoms with Gasteiger partial charge in [0.25, 0.3) is 0 Å². The van der Waals surface area contributed by atoms with Crippen LogP contribution in [-0.4, -0.2) is 54.9 Å². The molecule has 0 aliphatic carbocycles. The predicted molar refractivity (Wildman–Crippen MR) is 57.3 cm³/mol. The summed E-state index contributed by atoms with van der Waals surface area (Å²) in [6.07, 6.45) is 2.70. The molecular weight excluding hydrogens is 176 g/mol. The highest BCUT2D eigenvalue weighted by Crippen LogP contribution is 2.19. The third kappa shape index (κ3) is 2.27. The minimum Gasteiger partial charge on any atom is -0.365 e. The summed E-state index contributed by atoms with van der Waals surface area (Å²) in [6.45, 7) is 10.0. The highest BCUT2D eigenvalue weighted by atomic mass is 16.5. The van der Waals surface area contributed by atoms with Gasteiger partial charge in [0.05, 0.1) is 13.3 Å². The topological polar surface area (TPSA) is 15.7 Å². The maximum Gasteiger partial charge on any atom is 0.0994 e. The SMILES string of the molecule is CC(C)N1CCC[C@H](N2CCOC2)C1. The second-order valence-electron chi connectivity index (χ2n) is 4.73. The number of nitrogens with zero attached hydrogens (tertiary/aromatic N) is 2. The van der Waals surface area contributed by atoms with Crippen LogP contribution in [0.2, 0.25) is 0 Å². The predicted octanol–water partition coefficient (Wildman–Crippen LogP) is 1.15. The van der Waals surface area contributed by atoms with Crippen LogP contribution < -0.4 is 0 Å². The molecule has 82 valence electrons. The molecule has 0 amide bonds. The molecule has 0 bridgehead atoms. The molecule has 2 fully saturated rings. The Hall–Kier alpha value is -0.120. The van der Waals surface area contributed by atoms with Crippen molar-refractivity contribution >= 4 is 0 Å². The summed E-state index contributed by atoms with van der Waals surface area (Å²) < 4.78 is 5.41. The number of piperidine rings is 1. The van der Waals surface area contributed by atoms with Gasteiger partial charge in [0.2, 0.25) is 0 Å². The summed E-state index contributed by atoms with van der Waals surface area (Å²) in [5.74, 6) is 0. The Morgan fingerprint density at radius 2 is 2.14 bits per heavy atom. The summed E-state index contributed by atoms with van der Waals surface area (Å²) in [7, 11) is 0. The average Bonchev–Trinajstić information content (AvgIpc) is 2.71. The largest absolute Gasteiger partial charge is 0.365 e. The van der Waals surface area contributed by atoms with Crippen LogP contribution in [0.25, 0.3) is 0 Å². The lowest BCUT2D eigenvalue weighted by Gasteiger charge is -2.38.